The van der Waals surface area contributed by atoms with Gasteiger partial charge in [-0.2, -0.15) is 0 Å². The Morgan fingerprint density at radius 2 is 2.00 bits per heavy atom. The van der Waals surface area contributed by atoms with Crippen LogP contribution < -0.4 is 10.5 Å². The zero-order valence-electron chi connectivity index (χ0n) is 10.7. The Labute approximate surface area is 110 Å². The molecule has 1 unspecified atom stereocenters. The molecule has 0 radical (unpaired) electrons. The first-order chi connectivity index (χ1) is 8.90. The van der Waals surface area contributed by atoms with E-state index in [4.69, 9.17) is 15.6 Å². The topological polar surface area (TPSA) is 72.5 Å². The third kappa shape index (κ3) is 3.89. The molecule has 0 amide bonds. The molecule has 0 aliphatic carbocycles. The van der Waals surface area contributed by atoms with Gasteiger partial charge in [-0.25, -0.2) is 8.78 Å². The Kier molecular flexibility index (Phi) is 5.23. The predicted molar refractivity (Wildman–Crippen MR) is 65.9 cm³/mol. The summed E-state index contributed by atoms with van der Waals surface area (Å²) in [5.74, 6) is -3.11. The average molecular weight is 273 g/mol. The van der Waals surface area contributed by atoms with Crippen molar-refractivity contribution in [1.29, 1.82) is 0 Å². The number of nitrogens with two attached hydrogens (primary N) is 1. The molecule has 0 heterocycles. The van der Waals surface area contributed by atoms with Crippen LogP contribution in [0, 0.1) is 11.6 Å². The van der Waals surface area contributed by atoms with Crippen LogP contribution in [-0.4, -0.2) is 23.2 Å². The maximum atomic E-state index is 13.2. The number of benzene rings is 1. The predicted octanol–water partition coefficient (Wildman–Crippen LogP) is 2.32. The van der Waals surface area contributed by atoms with E-state index in [-0.39, 0.29) is 19.4 Å². The van der Waals surface area contributed by atoms with Crippen LogP contribution in [0.2, 0.25) is 0 Å². The molecule has 1 aromatic carbocycles. The maximum absolute atomic E-state index is 13.2. The Balaban J connectivity index is 2.49. The summed E-state index contributed by atoms with van der Waals surface area (Å²) in [6, 6.07) is 3.42. The van der Waals surface area contributed by atoms with Gasteiger partial charge in [0.1, 0.15) is 5.54 Å². The fourth-order valence-corrected chi connectivity index (χ4v) is 1.62. The second kappa shape index (κ2) is 6.47. The van der Waals surface area contributed by atoms with Gasteiger partial charge in [0.15, 0.2) is 17.4 Å². The van der Waals surface area contributed by atoms with E-state index in [2.05, 4.69) is 0 Å². The molecule has 6 heteroatoms. The van der Waals surface area contributed by atoms with E-state index in [1.54, 1.807) is 6.92 Å². The maximum Gasteiger partial charge on any atom is 0.323 e. The van der Waals surface area contributed by atoms with Crippen LogP contribution in [0.25, 0.3) is 0 Å². The number of para-hydroxylation sites is 1. The first-order valence-corrected chi connectivity index (χ1v) is 6.00. The molecule has 1 atom stereocenters. The minimum absolute atomic E-state index is 0.00405. The van der Waals surface area contributed by atoms with Crippen molar-refractivity contribution >= 4 is 5.97 Å². The third-order valence-corrected chi connectivity index (χ3v) is 2.99. The van der Waals surface area contributed by atoms with E-state index in [0.717, 1.165) is 12.1 Å². The number of hydrogen-bond acceptors (Lipinski definition) is 3. The standard InChI is InChI=1S/C13H17F2NO3/c1-2-13(16,12(17)18)7-4-8-19-11-9(14)5-3-6-10(11)15/h3,5-6H,2,4,7-8,16H2,1H3,(H,17,18). The monoisotopic (exact) mass is 273 g/mol. The molecule has 1 rings (SSSR count). The zero-order chi connectivity index (χ0) is 14.5. The van der Waals surface area contributed by atoms with Gasteiger partial charge in [-0.3, -0.25) is 4.79 Å². The summed E-state index contributed by atoms with van der Waals surface area (Å²) >= 11 is 0. The number of carboxylic acid groups (broad SMARTS) is 1. The molecule has 4 nitrogen and oxygen atoms in total. The van der Waals surface area contributed by atoms with Gasteiger partial charge in [0.25, 0.3) is 0 Å². The van der Waals surface area contributed by atoms with Gasteiger partial charge in [0, 0.05) is 0 Å². The lowest BCUT2D eigenvalue weighted by molar-refractivity contribution is -0.143. The van der Waals surface area contributed by atoms with Gasteiger partial charge in [-0.1, -0.05) is 13.0 Å². The number of rotatable bonds is 7. The summed E-state index contributed by atoms with van der Waals surface area (Å²) in [4.78, 5) is 10.9. The lowest BCUT2D eigenvalue weighted by Crippen LogP contribution is -2.47. The Bertz CT molecular complexity index is 433. The van der Waals surface area contributed by atoms with Gasteiger partial charge < -0.3 is 15.6 Å². The minimum atomic E-state index is -1.32. The highest BCUT2D eigenvalue weighted by atomic mass is 19.1. The van der Waals surface area contributed by atoms with Crippen molar-refractivity contribution < 1.29 is 23.4 Å². The molecule has 3 N–H and O–H groups in total. The summed E-state index contributed by atoms with van der Waals surface area (Å²) in [7, 11) is 0. The molecule has 0 bridgehead atoms. The van der Waals surface area contributed by atoms with Gasteiger partial charge >= 0.3 is 5.97 Å². The van der Waals surface area contributed by atoms with Gasteiger partial charge in [-0.15, -0.1) is 0 Å². The van der Waals surface area contributed by atoms with E-state index >= 15 is 0 Å². The van der Waals surface area contributed by atoms with Crippen LogP contribution in [0.5, 0.6) is 5.75 Å². The fourth-order valence-electron chi connectivity index (χ4n) is 1.62. The lowest BCUT2D eigenvalue weighted by atomic mass is 9.92. The number of hydrogen-bond donors (Lipinski definition) is 2. The highest BCUT2D eigenvalue weighted by Gasteiger charge is 2.31. The molecule has 0 spiro atoms. The van der Waals surface area contributed by atoms with Gasteiger partial charge in [-0.05, 0) is 31.4 Å². The van der Waals surface area contributed by atoms with Crippen molar-refractivity contribution in [3.05, 3.63) is 29.8 Å². The fraction of sp³-hybridized carbons (Fsp3) is 0.462. The van der Waals surface area contributed by atoms with Crippen molar-refractivity contribution in [2.24, 2.45) is 5.73 Å². The van der Waals surface area contributed by atoms with Crippen LogP contribution in [0.3, 0.4) is 0 Å². The molecular formula is C13H17F2NO3. The normalized spacial score (nSPS) is 13.9. The third-order valence-electron chi connectivity index (χ3n) is 2.99. The van der Waals surface area contributed by atoms with Gasteiger partial charge in [0.2, 0.25) is 0 Å². The summed E-state index contributed by atoms with van der Waals surface area (Å²) in [6.45, 7) is 1.68. The lowest BCUT2D eigenvalue weighted by Gasteiger charge is -2.22. The average Bonchev–Trinajstić information content (AvgIpc) is 2.36. The number of aliphatic carboxylic acids is 1. The number of halogens is 2. The van der Waals surface area contributed by atoms with Crippen molar-refractivity contribution in [1.82, 2.24) is 0 Å². The zero-order valence-corrected chi connectivity index (χ0v) is 10.7. The highest BCUT2D eigenvalue weighted by molar-refractivity contribution is 5.78. The molecule has 0 aliphatic rings. The Hall–Kier alpha value is -1.69. The van der Waals surface area contributed by atoms with Crippen LogP contribution in [0.4, 0.5) is 8.78 Å². The van der Waals surface area contributed by atoms with E-state index in [9.17, 15) is 13.6 Å². The van der Waals surface area contributed by atoms with Crippen LogP contribution >= 0.6 is 0 Å². The SMILES string of the molecule is CCC(N)(CCCOc1c(F)cccc1F)C(=O)O. The van der Waals surface area contributed by atoms with Gasteiger partial charge in [0.05, 0.1) is 6.61 Å². The highest BCUT2D eigenvalue weighted by Crippen LogP contribution is 2.22. The van der Waals surface area contributed by atoms with E-state index in [1.807, 2.05) is 0 Å². The van der Waals surface area contributed by atoms with Crippen LogP contribution in [-0.2, 0) is 4.79 Å². The summed E-state index contributed by atoms with van der Waals surface area (Å²) in [5, 5.41) is 8.95. The summed E-state index contributed by atoms with van der Waals surface area (Å²) < 4.78 is 31.4. The van der Waals surface area contributed by atoms with Crippen LogP contribution in [0.1, 0.15) is 26.2 Å². The molecule has 0 fully saturated rings. The Morgan fingerprint density at radius 3 is 2.47 bits per heavy atom. The second-order valence-electron chi connectivity index (χ2n) is 4.32. The van der Waals surface area contributed by atoms with E-state index < -0.39 is 28.9 Å². The van der Waals surface area contributed by atoms with Crippen LogP contribution in [0.15, 0.2) is 18.2 Å². The van der Waals surface area contributed by atoms with Crippen molar-refractivity contribution in [3.63, 3.8) is 0 Å². The quantitative estimate of drug-likeness (QED) is 0.748. The molecule has 1 aromatic rings. The van der Waals surface area contributed by atoms with Crippen molar-refractivity contribution in [2.45, 2.75) is 31.7 Å². The smallest absolute Gasteiger partial charge is 0.323 e. The number of ether oxygens (including phenoxy) is 1. The summed E-state index contributed by atoms with van der Waals surface area (Å²) in [6.07, 6.45) is 0.746. The van der Waals surface area contributed by atoms with E-state index in [1.165, 1.54) is 6.07 Å². The molecule has 19 heavy (non-hydrogen) atoms. The van der Waals surface area contributed by atoms with Crippen molar-refractivity contribution in [2.75, 3.05) is 6.61 Å². The summed E-state index contributed by atoms with van der Waals surface area (Å²) in [5.41, 5.74) is 4.35. The minimum Gasteiger partial charge on any atom is -0.488 e. The number of carbonyl (C=O) groups is 1. The molecule has 0 aromatic heterocycles. The first-order valence-electron chi connectivity index (χ1n) is 6.00. The largest absolute Gasteiger partial charge is 0.488 e. The molecule has 0 saturated carbocycles. The number of carboxylic acids is 1. The second-order valence-corrected chi connectivity index (χ2v) is 4.32. The van der Waals surface area contributed by atoms with E-state index in [0.29, 0.717) is 6.42 Å². The molecule has 0 aliphatic heterocycles. The molecule has 106 valence electrons. The van der Waals surface area contributed by atoms with Crippen molar-refractivity contribution in [3.8, 4) is 5.75 Å². The molecular weight excluding hydrogens is 256 g/mol. The molecule has 0 saturated heterocycles. The Morgan fingerprint density at radius 1 is 1.42 bits per heavy atom. The first kappa shape index (κ1) is 15.4.